The van der Waals surface area contributed by atoms with Crippen molar-refractivity contribution in [2.45, 2.75) is 33.7 Å². The number of carbonyl (C=O) groups is 1. The fourth-order valence-electron chi connectivity index (χ4n) is 3.05. The molecule has 2 aromatic carbocycles. The molecule has 3 rings (SSSR count). The van der Waals surface area contributed by atoms with Crippen molar-refractivity contribution >= 4 is 40.5 Å². The maximum Gasteiger partial charge on any atom is 0.275 e. The Morgan fingerprint density at radius 3 is 2.48 bits per heavy atom. The first-order valence-electron chi connectivity index (χ1n) is 9.32. The second kappa shape index (κ2) is 8.95. The Kier molecular flexibility index (Phi) is 6.52. The maximum absolute atomic E-state index is 12.8. The maximum atomic E-state index is 12.8. The van der Waals surface area contributed by atoms with Gasteiger partial charge in [-0.15, -0.1) is 0 Å². The lowest BCUT2D eigenvalue weighted by atomic mass is 10.2. The number of nitrogens with zero attached hydrogens (tertiary/aromatic N) is 3. The zero-order valence-electron chi connectivity index (χ0n) is 17.3. The van der Waals surface area contributed by atoms with Crippen LogP contribution in [0.1, 0.15) is 29.9 Å². The molecule has 1 amide bonds. The molecule has 8 nitrogen and oxygen atoms in total. The van der Waals surface area contributed by atoms with Crippen LogP contribution in [-0.4, -0.2) is 20.6 Å². The molecule has 0 aliphatic rings. The molecule has 0 bridgehead atoms. The summed E-state index contributed by atoms with van der Waals surface area (Å²) in [6, 6.07) is 8.43. The van der Waals surface area contributed by atoms with E-state index in [1.165, 1.54) is 22.9 Å². The highest BCUT2D eigenvalue weighted by molar-refractivity contribution is 6.31. The third kappa shape index (κ3) is 4.98. The number of amides is 1. The van der Waals surface area contributed by atoms with E-state index in [-0.39, 0.29) is 17.1 Å². The van der Waals surface area contributed by atoms with Gasteiger partial charge in [-0.05, 0) is 51.5 Å². The van der Waals surface area contributed by atoms with Crippen LogP contribution in [0.15, 0.2) is 36.4 Å². The van der Waals surface area contributed by atoms with Crippen LogP contribution >= 0.6 is 23.2 Å². The summed E-state index contributed by atoms with van der Waals surface area (Å²) in [5.74, 6) is 0.293. The highest BCUT2D eigenvalue weighted by Gasteiger charge is 2.22. The van der Waals surface area contributed by atoms with E-state index in [2.05, 4.69) is 10.4 Å². The number of aromatic nitrogens is 2. The zero-order valence-corrected chi connectivity index (χ0v) is 18.8. The lowest BCUT2D eigenvalue weighted by molar-refractivity contribution is -0.384. The van der Waals surface area contributed by atoms with Crippen molar-refractivity contribution < 1.29 is 14.5 Å². The summed E-state index contributed by atoms with van der Waals surface area (Å²) < 4.78 is 7.32. The summed E-state index contributed by atoms with van der Waals surface area (Å²) in [5, 5.41) is 19.4. The molecule has 10 heteroatoms. The molecule has 0 saturated carbocycles. The van der Waals surface area contributed by atoms with Gasteiger partial charge < -0.3 is 10.1 Å². The van der Waals surface area contributed by atoms with E-state index in [0.717, 1.165) is 5.56 Å². The molecule has 0 aliphatic heterocycles. The average molecular weight is 463 g/mol. The fourth-order valence-corrected chi connectivity index (χ4v) is 3.40. The van der Waals surface area contributed by atoms with E-state index in [1.807, 2.05) is 6.92 Å². The molecule has 1 heterocycles. The summed E-state index contributed by atoms with van der Waals surface area (Å²) >= 11 is 12.1. The third-order valence-corrected chi connectivity index (χ3v) is 5.50. The molecule has 31 heavy (non-hydrogen) atoms. The van der Waals surface area contributed by atoms with Gasteiger partial charge in [-0.3, -0.25) is 19.6 Å². The van der Waals surface area contributed by atoms with Crippen LogP contribution < -0.4 is 10.1 Å². The number of nitro benzene ring substituents is 1. The molecule has 1 N–H and O–H groups in total. The Labute approximate surface area is 188 Å². The van der Waals surface area contributed by atoms with Crippen LogP contribution in [0, 0.1) is 30.9 Å². The first-order valence-corrected chi connectivity index (χ1v) is 10.1. The van der Waals surface area contributed by atoms with Crippen LogP contribution in [-0.2, 0) is 4.79 Å². The lowest BCUT2D eigenvalue weighted by Gasteiger charge is -2.15. The second-order valence-corrected chi connectivity index (χ2v) is 7.89. The van der Waals surface area contributed by atoms with Gasteiger partial charge in [0.2, 0.25) is 5.91 Å². The molecular formula is C21H20Cl2N4O4. The zero-order chi connectivity index (χ0) is 22.9. The number of non-ortho nitro benzene ring substituents is 1. The van der Waals surface area contributed by atoms with Gasteiger partial charge in [-0.25, -0.2) is 0 Å². The van der Waals surface area contributed by atoms with Crippen LogP contribution in [0.2, 0.25) is 10.0 Å². The predicted molar refractivity (Wildman–Crippen MR) is 119 cm³/mol. The molecule has 162 valence electrons. The van der Waals surface area contributed by atoms with Gasteiger partial charge in [0, 0.05) is 17.2 Å². The first kappa shape index (κ1) is 22.6. The van der Waals surface area contributed by atoms with Crippen molar-refractivity contribution in [2.24, 2.45) is 0 Å². The van der Waals surface area contributed by atoms with E-state index >= 15 is 0 Å². The minimum atomic E-state index is -0.687. The van der Waals surface area contributed by atoms with E-state index in [9.17, 15) is 14.9 Å². The number of hydrogen-bond acceptors (Lipinski definition) is 5. The van der Waals surface area contributed by atoms with Gasteiger partial charge in [-0.2, -0.15) is 5.10 Å². The number of halogens is 2. The molecule has 1 unspecified atom stereocenters. The summed E-state index contributed by atoms with van der Waals surface area (Å²) in [7, 11) is 0. The number of anilines is 1. The molecule has 0 spiro atoms. The smallest absolute Gasteiger partial charge is 0.275 e. The van der Waals surface area contributed by atoms with Gasteiger partial charge >= 0.3 is 0 Å². The monoisotopic (exact) mass is 462 g/mol. The van der Waals surface area contributed by atoms with Gasteiger partial charge in [0.25, 0.3) is 5.69 Å². The summed E-state index contributed by atoms with van der Waals surface area (Å²) in [4.78, 5) is 23.6. The normalized spacial score (nSPS) is 11.8. The molecular weight excluding hydrogens is 443 g/mol. The van der Waals surface area contributed by atoms with Gasteiger partial charge in [0.15, 0.2) is 0 Å². The van der Waals surface area contributed by atoms with Crippen molar-refractivity contribution in [2.75, 3.05) is 5.32 Å². The number of benzene rings is 2. The predicted octanol–water partition coefficient (Wildman–Crippen LogP) is 6.02. The standard InChI is InChI=1S/C21H20Cl2N4O4/c1-11-7-15(22)5-6-19(11)31-18-9-16(8-17(10-18)27(29)30)24-21(28)14(4)26-13(3)20(23)12(2)25-26/h5-10,14H,1-4H3,(H,24,28). The number of hydrogen-bond donors (Lipinski definition) is 1. The number of nitrogens with one attached hydrogen (secondary N) is 1. The van der Waals surface area contributed by atoms with Crippen LogP contribution in [0.3, 0.4) is 0 Å². The van der Waals surface area contributed by atoms with Crippen molar-refractivity contribution in [3.05, 3.63) is 73.5 Å². The number of nitro groups is 1. The second-order valence-electron chi connectivity index (χ2n) is 7.08. The van der Waals surface area contributed by atoms with E-state index in [4.69, 9.17) is 27.9 Å². The first-order chi connectivity index (χ1) is 14.6. The SMILES string of the molecule is Cc1cc(Cl)ccc1Oc1cc(NC(=O)C(C)n2nc(C)c(Cl)c2C)cc([N+](=O)[O-])c1. The minimum absolute atomic E-state index is 0.205. The van der Waals surface area contributed by atoms with Gasteiger partial charge in [0.1, 0.15) is 17.5 Å². The molecule has 0 radical (unpaired) electrons. The summed E-state index contributed by atoms with van der Waals surface area (Å²) in [5.41, 5.74) is 2.03. The highest BCUT2D eigenvalue weighted by Crippen LogP contribution is 2.32. The van der Waals surface area contributed by atoms with Crippen LogP contribution in [0.25, 0.3) is 0 Å². The number of rotatable bonds is 6. The highest BCUT2D eigenvalue weighted by atomic mass is 35.5. The number of ether oxygens (including phenoxy) is 1. The van der Waals surface area contributed by atoms with Gasteiger partial charge in [0.05, 0.1) is 33.1 Å². The van der Waals surface area contributed by atoms with Gasteiger partial charge in [-0.1, -0.05) is 23.2 Å². The molecule has 0 aliphatic carbocycles. The van der Waals surface area contributed by atoms with Crippen LogP contribution in [0.4, 0.5) is 11.4 Å². The van der Waals surface area contributed by atoms with Crippen LogP contribution in [0.5, 0.6) is 11.5 Å². The van der Waals surface area contributed by atoms with E-state index < -0.39 is 16.9 Å². The summed E-state index contributed by atoms with van der Waals surface area (Å²) in [6.45, 7) is 6.98. The largest absolute Gasteiger partial charge is 0.457 e. The fraction of sp³-hybridized carbons (Fsp3) is 0.238. The Balaban J connectivity index is 1.88. The Morgan fingerprint density at radius 2 is 1.90 bits per heavy atom. The average Bonchev–Trinajstić information content (AvgIpc) is 2.96. The van der Waals surface area contributed by atoms with Crippen molar-refractivity contribution in [1.82, 2.24) is 9.78 Å². The van der Waals surface area contributed by atoms with E-state index in [1.54, 1.807) is 39.0 Å². The third-order valence-electron chi connectivity index (χ3n) is 4.72. The van der Waals surface area contributed by atoms with Crippen molar-refractivity contribution in [1.29, 1.82) is 0 Å². The number of aryl methyl sites for hydroxylation is 2. The topological polar surface area (TPSA) is 99.3 Å². The molecule has 3 aromatic rings. The van der Waals surface area contributed by atoms with Crippen molar-refractivity contribution in [3.63, 3.8) is 0 Å². The molecule has 1 aromatic heterocycles. The lowest BCUT2D eigenvalue weighted by Crippen LogP contribution is -2.25. The van der Waals surface area contributed by atoms with Crippen molar-refractivity contribution in [3.8, 4) is 11.5 Å². The Bertz CT molecular complexity index is 1180. The molecule has 0 fully saturated rings. The number of carbonyl (C=O) groups excluding carboxylic acids is 1. The quantitative estimate of drug-likeness (QED) is 0.356. The van der Waals surface area contributed by atoms with E-state index in [0.29, 0.717) is 27.2 Å². The Hall–Kier alpha value is -3.10. The molecule has 0 saturated heterocycles. The minimum Gasteiger partial charge on any atom is -0.457 e. The Morgan fingerprint density at radius 1 is 1.19 bits per heavy atom. The molecule has 1 atom stereocenters. The summed E-state index contributed by atoms with van der Waals surface area (Å²) in [6.07, 6.45) is 0.